The summed E-state index contributed by atoms with van der Waals surface area (Å²) in [6.45, 7) is 0. The molecular weight excluding hydrogens is 328 g/mol. The molecule has 2 aromatic carbocycles. The van der Waals surface area contributed by atoms with Crippen molar-refractivity contribution in [3.05, 3.63) is 65.9 Å². The average Bonchev–Trinajstić information content (AvgIpc) is 3.04. The summed E-state index contributed by atoms with van der Waals surface area (Å²) in [4.78, 5) is 17.1. The Labute approximate surface area is 137 Å². The molecule has 0 aliphatic heterocycles. The van der Waals surface area contributed by atoms with Gasteiger partial charge in [0, 0.05) is 17.1 Å². The van der Waals surface area contributed by atoms with Crippen molar-refractivity contribution in [2.45, 2.75) is 4.90 Å². The molecule has 8 heteroatoms. The number of para-hydroxylation sites is 1. The van der Waals surface area contributed by atoms with Gasteiger partial charge in [0.05, 0.1) is 22.1 Å². The second-order valence-electron chi connectivity index (χ2n) is 4.94. The zero-order chi connectivity index (χ0) is 17.2. The zero-order valence-corrected chi connectivity index (χ0v) is 13.1. The summed E-state index contributed by atoms with van der Waals surface area (Å²) >= 11 is 0. The number of aromatic nitrogens is 1. The second-order valence-corrected chi connectivity index (χ2v) is 6.63. The summed E-state index contributed by atoms with van der Waals surface area (Å²) in [5.74, 6) is -0.579. The minimum atomic E-state index is -3.93. The zero-order valence-electron chi connectivity index (χ0n) is 12.3. The van der Waals surface area contributed by atoms with Crippen LogP contribution in [0.5, 0.6) is 0 Å². The SMILES string of the molecule is N#Cc1ccc(S(=O)(=O)NNC(=O)c2c[nH]c3ccccc23)cc1. The van der Waals surface area contributed by atoms with E-state index in [1.807, 2.05) is 23.0 Å². The van der Waals surface area contributed by atoms with E-state index >= 15 is 0 Å². The van der Waals surface area contributed by atoms with Crippen molar-refractivity contribution in [1.82, 2.24) is 15.2 Å². The number of hydrogen-bond acceptors (Lipinski definition) is 4. The van der Waals surface area contributed by atoms with Crippen LogP contribution in [0.3, 0.4) is 0 Å². The molecule has 120 valence electrons. The maximum atomic E-state index is 12.2. The lowest BCUT2D eigenvalue weighted by atomic mass is 10.2. The number of hydrogen-bond donors (Lipinski definition) is 3. The molecule has 3 N–H and O–H groups in total. The number of carbonyl (C=O) groups is 1. The summed E-state index contributed by atoms with van der Waals surface area (Å²) < 4.78 is 24.3. The highest BCUT2D eigenvalue weighted by atomic mass is 32.2. The molecule has 0 unspecified atom stereocenters. The van der Waals surface area contributed by atoms with Crippen LogP contribution in [-0.4, -0.2) is 19.3 Å². The monoisotopic (exact) mass is 340 g/mol. The van der Waals surface area contributed by atoms with Gasteiger partial charge in [0.15, 0.2) is 0 Å². The molecule has 1 aromatic heterocycles. The highest BCUT2D eigenvalue weighted by molar-refractivity contribution is 7.89. The second kappa shape index (κ2) is 6.16. The van der Waals surface area contributed by atoms with Crippen molar-refractivity contribution in [1.29, 1.82) is 5.26 Å². The first kappa shape index (κ1) is 15.7. The molecule has 0 radical (unpaired) electrons. The van der Waals surface area contributed by atoms with E-state index in [2.05, 4.69) is 10.4 Å². The molecule has 0 aliphatic rings. The summed E-state index contributed by atoms with van der Waals surface area (Å²) in [5, 5.41) is 9.41. The van der Waals surface area contributed by atoms with E-state index in [-0.39, 0.29) is 4.90 Å². The minimum absolute atomic E-state index is 0.0549. The number of amides is 1. The molecule has 1 heterocycles. The number of carbonyl (C=O) groups excluding carboxylic acids is 1. The summed E-state index contributed by atoms with van der Waals surface area (Å²) in [6, 6.07) is 14.4. The minimum Gasteiger partial charge on any atom is -0.360 e. The van der Waals surface area contributed by atoms with Crippen LogP contribution in [0.25, 0.3) is 10.9 Å². The number of sulfonamides is 1. The number of nitrogens with one attached hydrogen (secondary N) is 3. The number of fused-ring (bicyclic) bond motifs is 1. The quantitative estimate of drug-likeness (QED) is 0.627. The van der Waals surface area contributed by atoms with Crippen LogP contribution in [0.4, 0.5) is 0 Å². The number of hydrazine groups is 1. The number of nitrogens with zero attached hydrogens (tertiary/aromatic N) is 1. The fourth-order valence-corrected chi connectivity index (χ4v) is 3.05. The number of H-pyrrole nitrogens is 1. The van der Waals surface area contributed by atoms with Gasteiger partial charge in [0.1, 0.15) is 0 Å². The average molecular weight is 340 g/mol. The molecule has 7 nitrogen and oxygen atoms in total. The number of aromatic amines is 1. The van der Waals surface area contributed by atoms with E-state index in [9.17, 15) is 13.2 Å². The Hall–Kier alpha value is -3.15. The number of nitriles is 1. The Balaban J connectivity index is 1.76. The van der Waals surface area contributed by atoms with Crippen LogP contribution in [0.1, 0.15) is 15.9 Å². The van der Waals surface area contributed by atoms with Crippen molar-refractivity contribution in [3.8, 4) is 6.07 Å². The third kappa shape index (κ3) is 2.99. The molecular formula is C16H12N4O3S. The van der Waals surface area contributed by atoms with Crippen molar-refractivity contribution in [2.24, 2.45) is 0 Å². The van der Waals surface area contributed by atoms with Crippen LogP contribution in [-0.2, 0) is 10.0 Å². The van der Waals surface area contributed by atoms with Crippen molar-refractivity contribution in [3.63, 3.8) is 0 Å². The predicted molar refractivity (Wildman–Crippen MR) is 87.2 cm³/mol. The Kier molecular flexibility index (Phi) is 4.04. The van der Waals surface area contributed by atoms with Crippen molar-refractivity contribution >= 4 is 26.8 Å². The fraction of sp³-hybridized carbons (Fsp3) is 0. The lowest BCUT2D eigenvalue weighted by Gasteiger charge is -2.08. The van der Waals surface area contributed by atoms with Gasteiger partial charge >= 0.3 is 0 Å². The Morgan fingerprint density at radius 1 is 1.08 bits per heavy atom. The van der Waals surface area contributed by atoms with Crippen LogP contribution >= 0.6 is 0 Å². The third-order valence-corrected chi connectivity index (χ3v) is 4.69. The van der Waals surface area contributed by atoms with E-state index in [0.717, 1.165) is 5.52 Å². The molecule has 0 saturated heterocycles. The van der Waals surface area contributed by atoms with Crippen LogP contribution < -0.4 is 10.3 Å². The van der Waals surface area contributed by atoms with Crippen molar-refractivity contribution in [2.75, 3.05) is 0 Å². The molecule has 0 saturated carbocycles. The smallest absolute Gasteiger partial charge is 0.268 e. The van der Waals surface area contributed by atoms with Gasteiger partial charge in [0.25, 0.3) is 15.9 Å². The van der Waals surface area contributed by atoms with E-state index in [4.69, 9.17) is 5.26 Å². The standard InChI is InChI=1S/C16H12N4O3S/c17-9-11-5-7-12(8-6-11)24(22,23)20-19-16(21)14-10-18-15-4-2-1-3-13(14)15/h1-8,10,18,20H,(H,19,21). The first-order valence-electron chi connectivity index (χ1n) is 6.90. The molecule has 0 atom stereocenters. The van der Waals surface area contributed by atoms with Gasteiger partial charge in [-0.2, -0.15) is 5.26 Å². The molecule has 3 aromatic rings. The van der Waals surface area contributed by atoms with Gasteiger partial charge in [-0.1, -0.05) is 18.2 Å². The third-order valence-electron chi connectivity index (χ3n) is 3.43. The number of rotatable bonds is 4. The van der Waals surface area contributed by atoms with Crippen molar-refractivity contribution < 1.29 is 13.2 Å². The fourth-order valence-electron chi connectivity index (χ4n) is 2.21. The van der Waals surface area contributed by atoms with Gasteiger partial charge in [-0.05, 0) is 30.3 Å². The predicted octanol–water partition coefficient (Wildman–Crippen LogP) is 1.66. The summed E-state index contributed by atoms with van der Waals surface area (Å²) in [7, 11) is -3.93. The van der Waals surface area contributed by atoms with E-state index in [1.165, 1.54) is 30.5 Å². The van der Waals surface area contributed by atoms with Gasteiger partial charge in [-0.25, -0.2) is 8.42 Å². The summed E-state index contributed by atoms with van der Waals surface area (Å²) in [6.07, 6.45) is 1.51. The molecule has 1 amide bonds. The van der Waals surface area contributed by atoms with E-state index < -0.39 is 15.9 Å². The highest BCUT2D eigenvalue weighted by Gasteiger charge is 2.17. The Morgan fingerprint density at radius 3 is 2.50 bits per heavy atom. The van der Waals surface area contributed by atoms with Crippen LogP contribution in [0.15, 0.2) is 59.6 Å². The maximum Gasteiger partial charge on any atom is 0.268 e. The van der Waals surface area contributed by atoms with Gasteiger partial charge in [0.2, 0.25) is 0 Å². The molecule has 0 bridgehead atoms. The first-order chi connectivity index (χ1) is 11.5. The normalized spacial score (nSPS) is 11.1. The van der Waals surface area contributed by atoms with E-state index in [1.54, 1.807) is 12.1 Å². The summed E-state index contributed by atoms with van der Waals surface area (Å²) in [5.41, 5.74) is 3.63. The molecule has 0 fully saturated rings. The van der Waals surface area contributed by atoms with E-state index in [0.29, 0.717) is 16.5 Å². The molecule has 0 spiro atoms. The first-order valence-corrected chi connectivity index (χ1v) is 8.38. The largest absolute Gasteiger partial charge is 0.360 e. The topological polar surface area (TPSA) is 115 Å². The molecule has 3 rings (SSSR count). The molecule has 24 heavy (non-hydrogen) atoms. The maximum absolute atomic E-state index is 12.2. The lowest BCUT2D eigenvalue weighted by Crippen LogP contribution is -2.41. The Bertz CT molecular complexity index is 1050. The van der Waals surface area contributed by atoms with Crippen LogP contribution in [0, 0.1) is 11.3 Å². The van der Waals surface area contributed by atoms with Gasteiger partial charge in [-0.15, -0.1) is 4.83 Å². The lowest BCUT2D eigenvalue weighted by molar-refractivity contribution is 0.0947. The van der Waals surface area contributed by atoms with Gasteiger partial charge < -0.3 is 4.98 Å². The number of benzene rings is 2. The van der Waals surface area contributed by atoms with Gasteiger partial charge in [-0.3, -0.25) is 10.2 Å². The van der Waals surface area contributed by atoms with Crippen LogP contribution in [0.2, 0.25) is 0 Å². The molecule has 0 aliphatic carbocycles. The highest BCUT2D eigenvalue weighted by Crippen LogP contribution is 2.17. The Morgan fingerprint density at radius 2 is 1.79 bits per heavy atom.